The van der Waals surface area contributed by atoms with E-state index in [-0.39, 0.29) is 0 Å². The summed E-state index contributed by atoms with van der Waals surface area (Å²) in [5, 5.41) is 0.396. The summed E-state index contributed by atoms with van der Waals surface area (Å²) >= 11 is 6.56. The molecule has 0 unspecified atom stereocenters. The lowest BCUT2D eigenvalue weighted by Gasteiger charge is -2.58. The summed E-state index contributed by atoms with van der Waals surface area (Å²) in [4.78, 5) is 0. The van der Waals surface area contributed by atoms with E-state index in [2.05, 4.69) is 40.7 Å². The minimum Gasteiger partial charge on any atom is -0.123 e. The minimum atomic E-state index is 0.396. The fourth-order valence-corrected chi connectivity index (χ4v) is 8.92. The molecule has 0 bridgehead atoms. The third-order valence-electron chi connectivity index (χ3n) is 10.2. The molecule has 0 aromatic rings. The Morgan fingerprint density at radius 1 is 1.00 bits per heavy atom. The number of hydrogen-bond donors (Lipinski definition) is 0. The van der Waals surface area contributed by atoms with E-state index in [0.29, 0.717) is 16.2 Å². The Balaban J connectivity index is 1.49. The summed E-state index contributed by atoms with van der Waals surface area (Å²) < 4.78 is 0. The van der Waals surface area contributed by atoms with Crippen molar-refractivity contribution in [3.05, 3.63) is 11.6 Å². The topological polar surface area (TPSA) is 0 Å². The average Bonchev–Trinajstić information content (AvgIpc) is 2.99. The van der Waals surface area contributed by atoms with Crippen LogP contribution in [0.2, 0.25) is 0 Å². The van der Waals surface area contributed by atoms with Gasteiger partial charge in [0.15, 0.2) is 0 Å². The largest absolute Gasteiger partial charge is 0.123 e. The van der Waals surface area contributed by atoms with Crippen LogP contribution in [0.15, 0.2) is 11.6 Å². The van der Waals surface area contributed by atoms with Crippen molar-refractivity contribution in [1.82, 2.24) is 0 Å². The van der Waals surface area contributed by atoms with Gasteiger partial charge in [0.1, 0.15) is 0 Å². The third kappa shape index (κ3) is 3.52. The van der Waals surface area contributed by atoms with Crippen LogP contribution in [-0.4, -0.2) is 5.38 Å². The lowest BCUT2D eigenvalue weighted by atomic mass is 9.47. The zero-order valence-corrected chi connectivity index (χ0v) is 20.0. The standard InChI is InChI=1S/C27H45Cl/c1-18(2)7-6-8-19(3)23-11-12-24-22-10-9-20-17-21(28)13-15-26(20,4)25(22)14-16-27(23,24)5/h9,18-19,21-25H,6-8,10-17H2,1-5H3/t19-,21-,22-,23+,24-,25-,26-,27+/m0/s1. The van der Waals surface area contributed by atoms with Gasteiger partial charge in [0, 0.05) is 5.38 Å². The molecule has 0 saturated heterocycles. The first kappa shape index (κ1) is 21.3. The molecule has 0 aromatic heterocycles. The monoisotopic (exact) mass is 404 g/mol. The van der Waals surface area contributed by atoms with Crippen LogP contribution >= 0.6 is 11.6 Å². The summed E-state index contributed by atoms with van der Waals surface area (Å²) in [6.07, 6.45) is 18.0. The van der Waals surface area contributed by atoms with Crippen molar-refractivity contribution in [1.29, 1.82) is 0 Å². The second kappa shape index (κ2) is 7.94. The van der Waals surface area contributed by atoms with Gasteiger partial charge in [-0.25, -0.2) is 0 Å². The van der Waals surface area contributed by atoms with Crippen LogP contribution in [0.4, 0.5) is 0 Å². The van der Waals surface area contributed by atoms with E-state index in [9.17, 15) is 0 Å². The number of halogens is 1. The fourth-order valence-electron chi connectivity index (χ4n) is 8.64. The van der Waals surface area contributed by atoms with E-state index in [4.69, 9.17) is 11.6 Å². The van der Waals surface area contributed by atoms with Crippen LogP contribution in [0.25, 0.3) is 0 Å². The number of hydrogen-bond acceptors (Lipinski definition) is 0. The van der Waals surface area contributed by atoms with Gasteiger partial charge in [0.05, 0.1) is 0 Å². The molecule has 0 N–H and O–H groups in total. The van der Waals surface area contributed by atoms with Crippen molar-refractivity contribution in [2.75, 3.05) is 0 Å². The molecule has 0 nitrogen and oxygen atoms in total. The Kier molecular flexibility index (Phi) is 6.03. The third-order valence-corrected chi connectivity index (χ3v) is 10.6. The number of allylic oxidation sites excluding steroid dienone is 2. The average molecular weight is 405 g/mol. The molecule has 1 heteroatoms. The highest BCUT2D eigenvalue weighted by Crippen LogP contribution is 2.67. The van der Waals surface area contributed by atoms with Crippen LogP contribution in [0, 0.1) is 46.3 Å². The lowest BCUT2D eigenvalue weighted by molar-refractivity contribution is -0.0498. The van der Waals surface area contributed by atoms with E-state index in [1.165, 1.54) is 70.6 Å². The smallest absolute Gasteiger partial charge is 0.0373 e. The van der Waals surface area contributed by atoms with Gasteiger partial charge < -0.3 is 0 Å². The van der Waals surface area contributed by atoms with Gasteiger partial charge in [-0.2, -0.15) is 0 Å². The van der Waals surface area contributed by atoms with E-state index in [0.717, 1.165) is 35.5 Å². The Morgan fingerprint density at radius 3 is 2.54 bits per heavy atom. The first-order valence-corrected chi connectivity index (χ1v) is 13.0. The van der Waals surface area contributed by atoms with Gasteiger partial charge in [-0.15, -0.1) is 11.6 Å². The predicted molar refractivity (Wildman–Crippen MR) is 123 cm³/mol. The predicted octanol–water partition coefficient (Wildman–Crippen LogP) is 8.64. The first-order valence-electron chi connectivity index (χ1n) is 12.6. The van der Waals surface area contributed by atoms with Crippen LogP contribution in [-0.2, 0) is 0 Å². The minimum absolute atomic E-state index is 0.396. The van der Waals surface area contributed by atoms with Crippen molar-refractivity contribution in [2.45, 2.75) is 111 Å². The molecule has 4 rings (SSSR count). The molecule has 3 saturated carbocycles. The second-order valence-corrected chi connectivity index (χ2v) is 12.7. The molecule has 0 heterocycles. The van der Waals surface area contributed by atoms with Gasteiger partial charge in [-0.3, -0.25) is 0 Å². The number of rotatable bonds is 5. The molecule has 0 aromatic carbocycles. The molecule has 8 atom stereocenters. The highest BCUT2D eigenvalue weighted by atomic mass is 35.5. The molecule has 3 fully saturated rings. The number of fused-ring (bicyclic) bond motifs is 5. The van der Waals surface area contributed by atoms with Gasteiger partial charge in [0.2, 0.25) is 0 Å². The van der Waals surface area contributed by atoms with E-state index in [1.807, 2.05) is 0 Å². The summed E-state index contributed by atoms with van der Waals surface area (Å²) in [6, 6.07) is 0. The zero-order chi connectivity index (χ0) is 20.1. The van der Waals surface area contributed by atoms with Crippen LogP contribution in [0.5, 0.6) is 0 Å². The zero-order valence-electron chi connectivity index (χ0n) is 19.3. The lowest BCUT2D eigenvalue weighted by Crippen LogP contribution is -2.50. The Labute approximate surface area is 180 Å². The highest BCUT2D eigenvalue weighted by Gasteiger charge is 2.58. The van der Waals surface area contributed by atoms with Crippen molar-refractivity contribution in [3.63, 3.8) is 0 Å². The normalized spacial score (nSPS) is 46.5. The van der Waals surface area contributed by atoms with Gasteiger partial charge in [-0.05, 0) is 97.7 Å². The van der Waals surface area contributed by atoms with E-state index < -0.39 is 0 Å². The molecular formula is C27H45Cl. The molecule has 160 valence electrons. The fraction of sp³-hybridized carbons (Fsp3) is 0.926. The first-order chi connectivity index (χ1) is 13.3. The highest BCUT2D eigenvalue weighted by molar-refractivity contribution is 6.20. The van der Waals surface area contributed by atoms with Crippen LogP contribution in [0.1, 0.15) is 105 Å². The Morgan fingerprint density at radius 2 is 1.79 bits per heavy atom. The van der Waals surface area contributed by atoms with Crippen molar-refractivity contribution in [3.8, 4) is 0 Å². The van der Waals surface area contributed by atoms with Crippen LogP contribution in [0.3, 0.4) is 0 Å². The van der Waals surface area contributed by atoms with Crippen LogP contribution < -0.4 is 0 Å². The summed E-state index contributed by atoms with van der Waals surface area (Å²) in [6.45, 7) is 12.7. The molecule has 0 spiro atoms. The maximum absolute atomic E-state index is 6.56. The molecule has 4 aliphatic carbocycles. The van der Waals surface area contributed by atoms with Gasteiger partial charge >= 0.3 is 0 Å². The number of alkyl halides is 1. The van der Waals surface area contributed by atoms with E-state index in [1.54, 1.807) is 5.57 Å². The van der Waals surface area contributed by atoms with Crippen molar-refractivity contribution >= 4 is 11.6 Å². The maximum atomic E-state index is 6.56. The quantitative estimate of drug-likeness (QED) is 0.317. The Bertz CT molecular complexity index is 591. The molecule has 28 heavy (non-hydrogen) atoms. The van der Waals surface area contributed by atoms with Gasteiger partial charge in [-0.1, -0.05) is 65.5 Å². The van der Waals surface area contributed by atoms with Crippen molar-refractivity contribution in [2.24, 2.45) is 46.3 Å². The molecule has 0 amide bonds. The Hall–Kier alpha value is 0.0300. The molecule has 0 aliphatic heterocycles. The summed E-state index contributed by atoms with van der Waals surface area (Å²) in [7, 11) is 0. The maximum Gasteiger partial charge on any atom is 0.0373 e. The summed E-state index contributed by atoms with van der Waals surface area (Å²) in [5.74, 6) is 5.62. The van der Waals surface area contributed by atoms with Gasteiger partial charge in [0.25, 0.3) is 0 Å². The molecule has 0 radical (unpaired) electrons. The molecular weight excluding hydrogens is 360 g/mol. The SMILES string of the molecule is CC(C)CCC[C@H](C)[C@H]1CC[C@H]2[C@@H]3CC=C4C[C@@H](Cl)CC[C@]4(C)[C@H]3CC[C@]12C. The summed E-state index contributed by atoms with van der Waals surface area (Å²) in [5.41, 5.74) is 2.82. The van der Waals surface area contributed by atoms with E-state index >= 15 is 0 Å². The molecule has 4 aliphatic rings. The second-order valence-electron chi connectivity index (χ2n) is 12.1. The van der Waals surface area contributed by atoms with Crippen molar-refractivity contribution < 1.29 is 0 Å².